The van der Waals surface area contributed by atoms with Gasteiger partial charge in [-0.25, -0.2) is 0 Å². The fourth-order valence-corrected chi connectivity index (χ4v) is 5.20. The van der Waals surface area contributed by atoms with Gasteiger partial charge in [0, 0.05) is 50.1 Å². The third-order valence-electron chi connectivity index (χ3n) is 7.31. The van der Waals surface area contributed by atoms with Gasteiger partial charge in [-0.2, -0.15) is 0 Å². The van der Waals surface area contributed by atoms with Crippen molar-refractivity contribution >= 4 is 17.6 Å². The predicted molar refractivity (Wildman–Crippen MR) is 146 cm³/mol. The number of aliphatic carboxylic acids is 1. The number of aliphatic hydroxyl groups excluding tert-OH is 2. The van der Waals surface area contributed by atoms with Gasteiger partial charge in [-0.05, 0) is 42.5 Å². The van der Waals surface area contributed by atoms with Crippen molar-refractivity contribution in [1.29, 1.82) is 0 Å². The summed E-state index contributed by atoms with van der Waals surface area (Å²) in [7, 11) is 0. The molecule has 2 aromatic carbocycles. The summed E-state index contributed by atoms with van der Waals surface area (Å²) in [5.74, 6) is -0.867. The van der Waals surface area contributed by atoms with Crippen molar-refractivity contribution in [3.05, 3.63) is 65.2 Å². The normalized spacial score (nSPS) is 23.5. The highest BCUT2D eigenvalue weighted by Gasteiger charge is 2.34. The molecule has 0 unspecified atom stereocenters. The molecule has 4 atom stereocenters. The molecule has 0 bridgehead atoms. The van der Waals surface area contributed by atoms with Crippen molar-refractivity contribution in [3.63, 3.8) is 0 Å². The van der Waals surface area contributed by atoms with Crippen molar-refractivity contribution in [3.8, 4) is 0 Å². The zero-order chi connectivity index (χ0) is 27.6. The highest BCUT2D eigenvalue weighted by atomic mass is 16.7. The van der Waals surface area contributed by atoms with Crippen LogP contribution < -0.4 is 5.32 Å². The average Bonchev–Trinajstić information content (AvgIpc) is 3.34. The van der Waals surface area contributed by atoms with Crippen LogP contribution in [0.1, 0.15) is 80.5 Å². The van der Waals surface area contributed by atoms with E-state index in [-0.39, 0.29) is 37.2 Å². The van der Waals surface area contributed by atoms with Crippen LogP contribution in [0.4, 0.5) is 5.69 Å². The number of unbranched alkanes of at least 4 members (excludes halogenated alkanes) is 3. The van der Waals surface area contributed by atoms with Gasteiger partial charge in [0.2, 0.25) is 5.91 Å². The fourth-order valence-electron chi connectivity index (χ4n) is 5.20. The van der Waals surface area contributed by atoms with E-state index < -0.39 is 12.3 Å². The first kappa shape index (κ1) is 29.2. The van der Waals surface area contributed by atoms with Crippen LogP contribution in [0.15, 0.2) is 48.5 Å². The molecule has 0 radical (unpaired) electrons. The van der Waals surface area contributed by atoms with E-state index in [1.54, 1.807) is 0 Å². The second-order valence-corrected chi connectivity index (χ2v) is 10.5. The number of ether oxygens (including phenoxy) is 2. The summed E-state index contributed by atoms with van der Waals surface area (Å²) in [5.41, 5.74) is 3.34. The van der Waals surface area contributed by atoms with Gasteiger partial charge < -0.3 is 30.1 Å². The van der Waals surface area contributed by atoms with Crippen LogP contribution in [0.3, 0.4) is 0 Å². The second kappa shape index (κ2) is 14.5. The minimum absolute atomic E-state index is 0.0132. The van der Waals surface area contributed by atoms with E-state index in [0.29, 0.717) is 44.5 Å². The molecule has 4 N–H and O–H groups in total. The van der Waals surface area contributed by atoms with Crippen molar-refractivity contribution in [1.82, 2.24) is 4.90 Å². The highest BCUT2D eigenvalue weighted by Crippen LogP contribution is 2.39. The van der Waals surface area contributed by atoms with Crippen molar-refractivity contribution < 1.29 is 34.4 Å². The van der Waals surface area contributed by atoms with Crippen LogP contribution in [-0.2, 0) is 25.7 Å². The number of carboxylic acid groups (broad SMARTS) is 1. The lowest BCUT2D eigenvalue weighted by atomic mass is 9.99. The number of carbonyl (C=O) groups is 2. The molecule has 0 spiro atoms. The topological polar surface area (TPSA) is 129 Å². The average molecular weight is 541 g/mol. The zero-order valence-corrected chi connectivity index (χ0v) is 22.3. The summed E-state index contributed by atoms with van der Waals surface area (Å²) in [4.78, 5) is 25.3. The first-order chi connectivity index (χ1) is 18.9. The molecule has 0 saturated carbocycles. The summed E-state index contributed by atoms with van der Waals surface area (Å²) >= 11 is 0. The molecule has 2 saturated heterocycles. The van der Waals surface area contributed by atoms with E-state index in [9.17, 15) is 19.8 Å². The molecule has 0 aromatic heterocycles. The number of anilines is 1. The molecular weight excluding hydrogens is 500 g/mol. The fraction of sp³-hybridized carbons (Fsp3) is 0.533. The Hall–Kier alpha value is -2.82. The number of amides is 1. The van der Waals surface area contributed by atoms with Gasteiger partial charge >= 0.3 is 5.97 Å². The summed E-state index contributed by atoms with van der Waals surface area (Å²) in [5, 5.41) is 31.1. The monoisotopic (exact) mass is 540 g/mol. The second-order valence-electron chi connectivity index (χ2n) is 10.5. The van der Waals surface area contributed by atoms with Crippen molar-refractivity contribution in [2.24, 2.45) is 0 Å². The lowest BCUT2D eigenvalue weighted by molar-refractivity contribution is -0.252. The lowest BCUT2D eigenvalue weighted by Gasteiger charge is -2.38. The van der Waals surface area contributed by atoms with Gasteiger partial charge in [-0.1, -0.05) is 49.2 Å². The molecule has 9 nitrogen and oxygen atoms in total. The Morgan fingerprint density at radius 2 is 1.74 bits per heavy atom. The summed E-state index contributed by atoms with van der Waals surface area (Å²) in [6.07, 6.45) is 3.72. The number of carbonyl (C=O) groups excluding carboxylic acids is 1. The number of hydrogen-bond donors (Lipinski definition) is 4. The largest absolute Gasteiger partial charge is 0.481 e. The number of rotatable bonds is 13. The van der Waals surface area contributed by atoms with E-state index >= 15 is 0 Å². The van der Waals surface area contributed by atoms with Gasteiger partial charge in [0.1, 0.15) is 0 Å². The third kappa shape index (κ3) is 9.12. The molecule has 2 aliphatic heterocycles. The smallest absolute Gasteiger partial charge is 0.303 e. The molecule has 39 heavy (non-hydrogen) atoms. The van der Waals surface area contributed by atoms with Crippen LogP contribution in [0, 0.1) is 0 Å². The van der Waals surface area contributed by atoms with Crippen molar-refractivity contribution in [2.75, 3.05) is 25.0 Å². The maximum absolute atomic E-state index is 12.5. The van der Waals surface area contributed by atoms with Gasteiger partial charge in [0.25, 0.3) is 0 Å². The number of nitrogens with one attached hydrogen (secondary N) is 1. The Labute approximate surface area is 229 Å². The van der Waals surface area contributed by atoms with Crippen LogP contribution in [-0.4, -0.2) is 63.9 Å². The Morgan fingerprint density at radius 1 is 0.974 bits per heavy atom. The van der Waals surface area contributed by atoms with E-state index in [2.05, 4.69) is 10.2 Å². The number of aliphatic hydroxyl groups is 2. The van der Waals surface area contributed by atoms with Crippen LogP contribution in [0.5, 0.6) is 0 Å². The summed E-state index contributed by atoms with van der Waals surface area (Å²) in [6.45, 7) is 2.16. The number of nitrogens with zero attached hydrogens (tertiary/aromatic N) is 1. The first-order valence-electron chi connectivity index (χ1n) is 13.9. The maximum atomic E-state index is 12.5. The molecule has 2 aliphatic rings. The van der Waals surface area contributed by atoms with Gasteiger partial charge in [0.15, 0.2) is 6.29 Å². The van der Waals surface area contributed by atoms with E-state index in [1.807, 2.05) is 48.5 Å². The van der Waals surface area contributed by atoms with Crippen LogP contribution in [0.2, 0.25) is 0 Å². The SMILES string of the molecule is O=C(O)CCCCCCC(=O)Nc1cccc([C@@H]2O[C@H](CN3CC[C@H](O)C3)C[C@H](c3ccc(CO)cc3)O2)c1. The van der Waals surface area contributed by atoms with E-state index in [4.69, 9.17) is 14.6 Å². The molecule has 0 aliphatic carbocycles. The van der Waals surface area contributed by atoms with Gasteiger partial charge in [-0.3, -0.25) is 14.5 Å². The number of benzene rings is 2. The Kier molecular flexibility index (Phi) is 10.9. The van der Waals surface area contributed by atoms with Gasteiger partial charge in [0.05, 0.1) is 24.9 Å². The molecule has 212 valence electrons. The number of carboxylic acids is 1. The van der Waals surface area contributed by atoms with Crippen LogP contribution in [0.25, 0.3) is 0 Å². The summed E-state index contributed by atoms with van der Waals surface area (Å²) < 4.78 is 12.8. The summed E-state index contributed by atoms with van der Waals surface area (Å²) in [6, 6.07) is 15.3. The molecule has 1 amide bonds. The number of likely N-dealkylation sites (tertiary alicyclic amines) is 1. The first-order valence-corrected chi connectivity index (χ1v) is 13.9. The number of hydrogen-bond acceptors (Lipinski definition) is 7. The van der Waals surface area contributed by atoms with Crippen molar-refractivity contribution in [2.45, 2.75) is 82.6 Å². The Morgan fingerprint density at radius 3 is 2.44 bits per heavy atom. The standard InChI is InChI=1S/C30H40N2O7/c33-20-21-10-12-22(13-11-21)27-17-26(19-32-15-14-25(34)18-32)38-30(39-27)23-6-5-7-24(16-23)31-28(35)8-3-1-2-4-9-29(36)37/h5-7,10-13,16,25-27,30,33-34H,1-4,8-9,14-15,17-20H2,(H,31,35)(H,36,37)/t25-,26-,27+,30+/m0/s1. The third-order valence-corrected chi connectivity index (χ3v) is 7.31. The Bertz CT molecular complexity index is 1080. The predicted octanol–water partition coefficient (Wildman–Crippen LogP) is 4.15. The van der Waals surface area contributed by atoms with Crippen LogP contribution >= 0.6 is 0 Å². The lowest BCUT2D eigenvalue weighted by Crippen LogP contribution is -2.38. The van der Waals surface area contributed by atoms with E-state index in [0.717, 1.165) is 42.5 Å². The molecule has 2 aromatic rings. The number of β-amino-alcohol motifs (C(OH)–C–C–N with tert-alkyl or cyclic N) is 1. The Balaban J connectivity index is 1.38. The maximum Gasteiger partial charge on any atom is 0.303 e. The highest BCUT2D eigenvalue weighted by molar-refractivity contribution is 5.90. The molecule has 2 heterocycles. The molecule has 4 rings (SSSR count). The zero-order valence-electron chi connectivity index (χ0n) is 22.3. The minimum Gasteiger partial charge on any atom is -0.481 e. The van der Waals surface area contributed by atoms with E-state index in [1.165, 1.54) is 0 Å². The molecule has 9 heteroatoms. The molecule has 2 fully saturated rings. The van der Waals surface area contributed by atoms with Gasteiger partial charge in [-0.15, -0.1) is 0 Å². The molecular formula is C30H40N2O7. The quantitative estimate of drug-likeness (QED) is 0.279. The minimum atomic E-state index is -0.786.